The van der Waals surface area contributed by atoms with Crippen LogP contribution in [0.25, 0.3) is 0 Å². The zero-order valence-corrected chi connectivity index (χ0v) is 11.3. The van der Waals surface area contributed by atoms with E-state index in [-0.39, 0.29) is 0 Å². The van der Waals surface area contributed by atoms with Crippen LogP contribution in [0, 0.1) is 5.92 Å². The second kappa shape index (κ2) is 6.25. The molecule has 0 aliphatic heterocycles. The number of aryl methyl sites for hydroxylation is 1. The molecule has 1 aliphatic carbocycles. The van der Waals surface area contributed by atoms with E-state index in [9.17, 15) is 0 Å². The molecule has 2 atom stereocenters. The first-order valence-electron chi connectivity index (χ1n) is 7.18. The average molecular weight is 234 g/mol. The van der Waals surface area contributed by atoms with Gasteiger partial charge in [-0.25, -0.2) is 0 Å². The molecule has 0 amide bonds. The fourth-order valence-electron chi connectivity index (χ4n) is 2.92. The van der Waals surface area contributed by atoms with Crippen molar-refractivity contribution >= 4 is 0 Å². The zero-order chi connectivity index (χ0) is 12.1. The van der Waals surface area contributed by atoms with Crippen molar-refractivity contribution in [2.45, 2.75) is 65.1 Å². The monoisotopic (exact) mass is 234 g/mol. The van der Waals surface area contributed by atoms with Crippen molar-refractivity contribution in [2.75, 3.05) is 0 Å². The van der Waals surface area contributed by atoms with E-state index in [4.69, 9.17) is 0 Å². The van der Waals surface area contributed by atoms with Crippen molar-refractivity contribution in [3.63, 3.8) is 0 Å². The number of hydrogen-bond acceptors (Lipinski definition) is 1. The number of aromatic nitrogens is 1. The van der Waals surface area contributed by atoms with Gasteiger partial charge in [-0.2, -0.15) is 0 Å². The molecule has 1 fully saturated rings. The molecule has 1 aromatic rings. The van der Waals surface area contributed by atoms with Gasteiger partial charge in [-0.05, 0) is 37.3 Å². The predicted molar refractivity (Wildman–Crippen MR) is 73.0 cm³/mol. The van der Waals surface area contributed by atoms with Crippen molar-refractivity contribution in [3.8, 4) is 0 Å². The third-order valence-corrected chi connectivity index (χ3v) is 4.04. The molecule has 17 heavy (non-hydrogen) atoms. The van der Waals surface area contributed by atoms with Gasteiger partial charge in [0.05, 0.1) is 0 Å². The molecule has 1 saturated carbocycles. The Labute approximate surface area is 105 Å². The maximum atomic E-state index is 3.75. The number of nitrogens with zero attached hydrogens (tertiary/aromatic N) is 1. The maximum Gasteiger partial charge on any atom is 0.0361 e. The van der Waals surface area contributed by atoms with Crippen molar-refractivity contribution in [1.82, 2.24) is 9.88 Å². The van der Waals surface area contributed by atoms with E-state index in [1.54, 1.807) is 0 Å². The lowest BCUT2D eigenvalue weighted by Crippen LogP contribution is -2.37. The van der Waals surface area contributed by atoms with Crippen molar-refractivity contribution in [1.29, 1.82) is 0 Å². The molecule has 2 nitrogen and oxygen atoms in total. The molecule has 2 heteroatoms. The third-order valence-electron chi connectivity index (χ3n) is 4.04. The molecular formula is C15H26N2. The highest BCUT2D eigenvalue weighted by atomic mass is 15.0. The lowest BCUT2D eigenvalue weighted by atomic mass is 9.86. The Balaban J connectivity index is 1.86. The summed E-state index contributed by atoms with van der Waals surface area (Å²) in [7, 11) is 0. The second-order valence-corrected chi connectivity index (χ2v) is 5.44. The largest absolute Gasteiger partial charge is 0.350 e. The highest BCUT2D eigenvalue weighted by Gasteiger charge is 2.20. The van der Waals surface area contributed by atoms with Gasteiger partial charge in [0.25, 0.3) is 0 Å². The number of hydrogen-bond donors (Lipinski definition) is 1. The predicted octanol–water partition coefficient (Wildman–Crippen LogP) is 3.57. The minimum Gasteiger partial charge on any atom is -0.350 e. The lowest BCUT2D eigenvalue weighted by Gasteiger charge is -2.29. The van der Waals surface area contributed by atoms with Crippen LogP contribution in [0.2, 0.25) is 0 Å². The van der Waals surface area contributed by atoms with Crippen molar-refractivity contribution < 1.29 is 0 Å². The molecular weight excluding hydrogens is 208 g/mol. The van der Waals surface area contributed by atoms with Gasteiger partial charge in [0.1, 0.15) is 0 Å². The fourth-order valence-corrected chi connectivity index (χ4v) is 2.92. The summed E-state index contributed by atoms with van der Waals surface area (Å²) in [5, 5.41) is 3.75. The Morgan fingerprint density at radius 3 is 2.94 bits per heavy atom. The summed E-state index contributed by atoms with van der Waals surface area (Å²) in [6.07, 6.45) is 8.99. The van der Waals surface area contributed by atoms with Crippen LogP contribution >= 0.6 is 0 Å². The van der Waals surface area contributed by atoms with E-state index in [0.717, 1.165) is 25.0 Å². The van der Waals surface area contributed by atoms with E-state index in [0.29, 0.717) is 0 Å². The maximum absolute atomic E-state index is 3.75. The molecule has 1 aliphatic rings. The molecule has 1 aromatic heterocycles. The van der Waals surface area contributed by atoms with Gasteiger partial charge in [-0.1, -0.05) is 26.7 Å². The van der Waals surface area contributed by atoms with Crippen molar-refractivity contribution in [2.24, 2.45) is 5.92 Å². The first kappa shape index (κ1) is 12.7. The first-order chi connectivity index (χ1) is 8.31. The van der Waals surface area contributed by atoms with Crippen LogP contribution in [0.3, 0.4) is 0 Å². The number of nitrogens with one attached hydrogen (secondary N) is 1. The van der Waals surface area contributed by atoms with Crippen LogP contribution in [0.15, 0.2) is 18.3 Å². The van der Waals surface area contributed by atoms with Crippen molar-refractivity contribution in [3.05, 3.63) is 24.0 Å². The molecule has 0 spiro atoms. The standard InChI is InChI=1S/C15H26N2/c1-3-10-17-11-6-8-14(17)12-16-15-9-5-4-7-13(15)2/h6,8,11,13,15-16H,3-5,7,9-10,12H2,1-2H3. The summed E-state index contributed by atoms with van der Waals surface area (Å²) in [5.41, 5.74) is 1.43. The van der Waals surface area contributed by atoms with E-state index < -0.39 is 0 Å². The quantitative estimate of drug-likeness (QED) is 0.824. The highest BCUT2D eigenvalue weighted by Crippen LogP contribution is 2.24. The van der Waals surface area contributed by atoms with E-state index in [1.807, 2.05) is 0 Å². The smallest absolute Gasteiger partial charge is 0.0361 e. The van der Waals surface area contributed by atoms with Crippen LogP contribution in [-0.2, 0) is 13.1 Å². The zero-order valence-electron chi connectivity index (χ0n) is 11.3. The van der Waals surface area contributed by atoms with Gasteiger partial charge >= 0.3 is 0 Å². The van der Waals surface area contributed by atoms with Gasteiger partial charge in [-0.15, -0.1) is 0 Å². The molecule has 2 unspecified atom stereocenters. The Kier molecular flexibility index (Phi) is 4.66. The summed E-state index contributed by atoms with van der Waals surface area (Å²) >= 11 is 0. The van der Waals surface area contributed by atoms with E-state index >= 15 is 0 Å². The Hall–Kier alpha value is -0.760. The van der Waals surface area contributed by atoms with Gasteiger partial charge in [-0.3, -0.25) is 0 Å². The van der Waals surface area contributed by atoms with Crippen LogP contribution in [0.4, 0.5) is 0 Å². The molecule has 0 bridgehead atoms. The van der Waals surface area contributed by atoms with Gasteiger partial charge < -0.3 is 9.88 Å². The third kappa shape index (κ3) is 3.35. The van der Waals surface area contributed by atoms with Gasteiger partial charge in [0.2, 0.25) is 0 Å². The van der Waals surface area contributed by atoms with Gasteiger partial charge in [0.15, 0.2) is 0 Å². The van der Waals surface area contributed by atoms with E-state index in [2.05, 4.69) is 42.1 Å². The molecule has 0 aromatic carbocycles. The van der Waals surface area contributed by atoms with E-state index in [1.165, 1.54) is 37.8 Å². The number of rotatable bonds is 5. The minimum atomic E-state index is 0.730. The summed E-state index contributed by atoms with van der Waals surface area (Å²) in [4.78, 5) is 0. The molecule has 1 heterocycles. The first-order valence-corrected chi connectivity index (χ1v) is 7.18. The molecule has 96 valence electrons. The molecule has 1 N–H and O–H groups in total. The Morgan fingerprint density at radius 1 is 1.35 bits per heavy atom. The minimum absolute atomic E-state index is 0.730. The SMILES string of the molecule is CCCn1cccc1CNC1CCCCC1C. The summed E-state index contributed by atoms with van der Waals surface area (Å²) < 4.78 is 2.38. The topological polar surface area (TPSA) is 17.0 Å². The molecule has 0 radical (unpaired) electrons. The molecule has 2 rings (SSSR count). The van der Waals surface area contributed by atoms with Gasteiger partial charge in [0, 0.05) is 31.0 Å². The average Bonchev–Trinajstić information content (AvgIpc) is 2.76. The summed E-state index contributed by atoms with van der Waals surface area (Å²) in [5.74, 6) is 0.846. The fraction of sp³-hybridized carbons (Fsp3) is 0.733. The summed E-state index contributed by atoms with van der Waals surface area (Å²) in [6.45, 7) is 6.80. The Bertz CT molecular complexity index is 329. The second-order valence-electron chi connectivity index (χ2n) is 5.44. The highest BCUT2D eigenvalue weighted by molar-refractivity contribution is 5.07. The molecule has 0 saturated heterocycles. The normalized spacial score (nSPS) is 25.1. The summed E-state index contributed by atoms with van der Waals surface area (Å²) in [6, 6.07) is 5.14. The Morgan fingerprint density at radius 2 is 2.18 bits per heavy atom. The van der Waals surface area contributed by atoms with Crippen LogP contribution < -0.4 is 5.32 Å². The van der Waals surface area contributed by atoms with Crippen LogP contribution in [0.1, 0.15) is 51.6 Å². The lowest BCUT2D eigenvalue weighted by molar-refractivity contribution is 0.277. The van der Waals surface area contributed by atoms with Crippen LogP contribution in [0.5, 0.6) is 0 Å². The van der Waals surface area contributed by atoms with Crippen LogP contribution in [-0.4, -0.2) is 10.6 Å².